The molecule has 0 radical (unpaired) electrons. The molecule has 3 nitrogen and oxygen atoms in total. The quantitative estimate of drug-likeness (QED) is 0.279. The Balaban J connectivity index is 1.73. The van der Waals surface area contributed by atoms with Crippen LogP contribution < -0.4 is 0 Å². The Morgan fingerprint density at radius 2 is 1.81 bits per heavy atom. The number of nitrogens with zero attached hydrogens (tertiary/aromatic N) is 3. The average molecular weight is 408 g/mol. The molecule has 0 aliphatic heterocycles. The molecule has 2 aromatic heterocycles. The second-order valence-electron chi connectivity index (χ2n) is 5.78. The Bertz CT molecular complexity index is 1200. The van der Waals surface area contributed by atoms with E-state index in [-0.39, 0.29) is 0 Å². The minimum absolute atomic E-state index is 0.357. The fourth-order valence-corrected chi connectivity index (χ4v) is 3.78. The highest BCUT2D eigenvalue weighted by molar-refractivity contribution is 7.11. The highest BCUT2D eigenvalue weighted by Crippen LogP contribution is 2.29. The van der Waals surface area contributed by atoms with Gasteiger partial charge in [-0.3, -0.25) is 0 Å². The van der Waals surface area contributed by atoms with Crippen molar-refractivity contribution in [2.75, 3.05) is 0 Å². The summed E-state index contributed by atoms with van der Waals surface area (Å²) in [4.78, 5) is 8.99. The van der Waals surface area contributed by atoms with Crippen molar-refractivity contribution in [3.05, 3.63) is 80.7 Å². The summed E-state index contributed by atoms with van der Waals surface area (Å²) < 4.78 is 0. The van der Waals surface area contributed by atoms with Crippen LogP contribution in [0.3, 0.4) is 0 Å². The van der Waals surface area contributed by atoms with Crippen molar-refractivity contribution in [2.45, 2.75) is 0 Å². The van der Waals surface area contributed by atoms with Crippen molar-refractivity contribution in [3.8, 4) is 17.3 Å². The number of pyridine rings is 1. The van der Waals surface area contributed by atoms with E-state index in [9.17, 15) is 5.26 Å². The van der Waals surface area contributed by atoms with E-state index in [1.54, 1.807) is 6.08 Å². The number of allylic oxidation sites excluding steroid dienone is 1. The van der Waals surface area contributed by atoms with Gasteiger partial charge in [-0.1, -0.05) is 53.5 Å². The van der Waals surface area contributed by atoms with Gasteiger partial charge in [0, 0.05) is 26.9 Å². The van der Waals surface area contributed by atoms with Crippen molar-refractivity contribution in [1.29, 1.82) is 5.26 Å². The third-order valence-electron chi connectivity index (χ3n) is 4.00. The number of hydrogen-bond donors (Lipinski definition) is 0. The third kappa shape index (κ3) is 3.72. The zero-order chi connectivity index (χ0) is 18.8. The topological polar surface area (TPSA) is 49.6 Å². The number of hydrogen-bond acceptors (Lipinski definition) is 4. The summed E-state index contributed by atoms with van der Waals surface area (Å²) in [5, 5.41) is 14.2. The van der Waals surface area contributed by atoms with Crippen molar-refractivity contribution >= 4 is 57.1 Å². The van der Waals surface area contributed by atoms with Crippen molar-refractivity contribution in [1.82, 2.24) is 9.97 Å². The number of halogens is 2. The van der Waals surface area contributed by atoms with E-state index in [0.29, 0.717) is 26.3 Å². The molecule has 27 heavy (non-hydrogen) atoms. The van der Waals surface area contributed by atoms with Gasteiger partial charge in [-0.15, -0.1) is 11.3 Å². The van der Waals surface area contributed by atoms with Crippen LogP contribution in [0.15, 0.2) is 60.0 Å². The summed E-state index contributed by atoms with van der Waals surface area (Å²) in [6.07, 6.45) is 1.73. The summed E-state index contributed by atoms with van der Waals surface area (Å²) in [7, 11) is 0. The zero-order valence-corrected chi connectivity index (χ0v) is 16.2. The van der Waals surface area contributed by atoms with Crippen LogP contribution in [0.1, 0.15) is 10.6 Å². The minimum atomic E-state index is 0.357. The molecule has 0 unspecified atom stereocenters. The maximum atomic E-state index is 9.63. The van der Waals surface area contributed by atoms with Crippen molar-refractivity contribution in [3.63, 3.8) is 0 Å². The minimum Gasteiger partial charge on any atom is -0.235 e. The maximum absolute atomic E-state index is 9.63. The molecule has 2 heterocycles. The van der Waals surface area contributed by atoms with E-state index >= 15 is 0 Å². The number of aromatic nitrogens is 2. The lowest BCUT2D eigenvalue weighted by atomic mass is 10.1. The van der Waals surface area contributed by atoms with Gasteiger partial charge in [-0.25, -0.2) is 9.97 Å². The SMILES string of the molecule is N#C/C(=C\c1cc2ccccc2nc1Cl)c1nc(-c2ccc(Cl)cc2)cs1. The Kier molecular flexibility index (Phi) is 4.91. The molecule has 0 bridgehead atoms. The molecule has 2 aromatic carbocycles. The predicted molar refractivity (Wildman–Crippen MR) is 113 cm³/mol. The van der Waals surface area contributed by atoms with Gasteiger partial charge in [0.1, 0.15) is 16.2 Å². The predicted octanol–water partition coefficient (Wildman–Crippen LogP) is 6.73. The smallest absolute Gasteiger partial charge is 0.137 e. The van der Waals surface area contributed by atoms with Gasteiger partial charge in [0.05, 0.1) is 16.8 Å². The second kappa shape index (κ2) is 7.50. The number of fused-ring (bicyclic) bond motifs is 1. The standard InChI is InChI=1S/C21H11Cl2N3S/c22-17-7-5-13(6-8-17)19-12-27-21(26-19)16(11-24)10-15-9-14-3-1-2-4-18(14)25-20(15)23/h1-10,12H/b16-10+. The molecular formula is C21H11Cl2N3S. The van der Waals surface area contributed by atoms with Crippen LogP contribution in [0.25, 0.3) is 33.8 Å². The van der Waals surface area contributed by atoms with Gasteiger partial charge in [0.15, 0.2) is 0 Å². The normalized spacial score (nSPS) is 11.5. The number of para-hydroxylation sites is 1. The van der Waals surface area contributed by atoms with Crippen LogP contribution in [0.5, 0.6) is 0 Å². The summed E-state index contributed by atoms with van der Waals surface area (Å²) in [6, 6.07) is 19.3. The molecule has 0 spiro atoms. The van der Waals surface area contributed by atoms with Gasteiger partial charge >= 0.3 is 0 Å². The van der Waals surface area contributed by atoms with Crippen LogP contribution in [-0.4, -0.2) is 9.97 Å². The van der Waals surface area contributed by atoms with Gasteiger partial charge < -0.3 is 0 Å². The molecular weight excluding hydrogens is 397 g/mol. The highest BCUT2D eigenvalue weighted by atomic mass is 35.5. The third-order valence-corrected chi connectivity index (χ3v) is 5.43. The molecule has 130 valence electrons. The molecule has 0 saturated carbocycles. The Hall–Kier alpha value is -2.71. The van der Waals surface area contributed by atoms with Crippen LogP contribution >= 0.6 is 34.5 Å². The summed E-state index contributed by atoms with van der Waals surface area (Å²) in [6.45, 7) is 0. The van der Waals surface area contributed by atoms with Crippen LogP contribution in [0, 0.1) is 11.3 Å². The van der Waals surface area contributed by atoms with Crippen molar-refractivity contribution < 1.29 is 0 Å². The highest BCUT2D eigenvalue weighted by Gasteiger charge is 2.11. The van der Waals surface area contributed by atoms with Crippen LogP contribution in [-0.2, 0) is 0 Å². The Morgan fingerprint density at radius 3 is 2.59 bits per heavy atom. The second-order valence-corrected chi connectivity index (χ2v) is 7.43. The first-order valence-electron chi connectivity index (χ1n) is 8.03. The lowest BCUT2D eigenvalue weighted by Gasteiger charge is -2.02. The first kappa shape index (κ1) is 17.7. The summed E-state index contributed by atoms with van der Waals surface area (Å²) in [5.41, 5.74) is 3.70. The van der Waals surface area contributed by atoms with E-state index in [4.69, 9.17) is 23.2 Å². The maximum Gasteiger partial charge on any atom is 0.137 e. The largest absolute Gasteiger partial charge is 0.235 e. The molecule has 0 saturated heterocycles. The molecule has 0 aliphatic rings. The van der Waals surface area contributed by atoms with E-state index < -0.39 is 0 Å². The molecule has 4 rings (SSSR count). The fourth-order valence-electron chi connectivity index (χ4n) is 2.66. The summed E-state index contributed by atoms with van der Waals surface area (Å²) >= 11 is 13.7. The lowest BCUT2D eigenvalue weighted by molar-refractivity contribution is 1.37. The monoisotopic (exact) mass is 407 g/mol. The van der Waals surface area contributed by atoms with Crippen molar-refractivity contribution in [2.24, 2.45) is 0 Å². The Labute approximate surface area is 170 Å². The van der Waals surface area contributed by atoms with Crippen LogP contribution in [0.4, 0.5) is 0 Å². The fraction of sp³-hybridized carbons (Fsp3) is 0. The van der Waals surface area contributed by atoms with Gasteiger partial charge in [0.25, 0.3) is 0 Å². The molecule has 0 fully saturated rings. The number of nitriles is 1. The average Bonchev–Trinajstić information content (AvgIpc) is 3.17. The zero-order valence-electron chi connectivity index (χ0n) is 13.9. The van der Waals surface area contributed by atoms with E-state index in [1.807, 2.05) is 60.0 Å². The number of benzene rings is 2. The molecule has 6 heteroatoms. The number of rotatable bonds is 3. The first-order valence-corrected chi connectivity index (χ1v) is 9.66. The molecule has 0 atom stereocenters. The van der Waals surface area contributed by atoms with Crippen LogP contribution in [0.2, 0.25) is 10.2 Å². The van der Waals surface area contributed by atoms with Gasteiger partial charge in [0.2, 0.25) is 0 Å². The summed E-state index contributed by atoms with van der Waals surface area (Å²) in [5.74, 6) is 0. The van der Waals surface area contributed by atoms with E-state index in [1.165, 1.54) is 11.3 Å². The van der Waals surface area contributed by atoms with Gasteiger partial charge in [-0.2, -0.15) is 5.26 Å². The number of thiazole rings is 1. The van der Waals surface area contributed by atoms with E-state index in [2.05, 4.69) is 16.0 Å². The molecule has 4 aromatic rings. The molecule has 0 amide bonds. The van der Waals surface area contributed by atoms with Gasteiger partial charge in [-0.05, 0) is 30.3 Å². The lowest BCUT2D eigenvalue weighted by Crippen LogP contribution is -1.87. The first-order chi connectivity index (χ1) is 13.1. The molecule has 0 aliphatic carbocycles. The molecule has 0 N–H and O–H groups in total. The Morgan fingerprint density at radius 1 is 1.04 bits per heavy atom. The van der Waals surface area contributed by atoms with E-state index in [0.717, 1.165) is 22.2 Å².